The third kappa shape index (κ3) is 2.35. The molecule has 1 aromatic carbocycles. The highest BCUT2D eigenvalue weighted by Crippen LogP contribution is 2.26. The van der Waals surface area contributed by atoms with Crippen molar-refractivity contribution in [3.05, 3.63) is 30.1 Å². The Morgan fingerprint density at radius 1 is 1.26 bits per heavy atom. The monoisotopic (exact) mass is 286 g/mol. The van der Waals surface area contributed by atoms with Crippen molar-refractivity contribution in [1.29, 1.82) is 0 Å². The lowest BCUT2D eigenvalue weighted by molar-refractivity contribution is -0.131. The Morgan fingerprint density at radius 2 is 1.84 bits per heavy atom. The highest BCUT2D eigenvalue weighted by molar-refractivity contribution is 7.89. The van der Waals surface area contributed by atoms with E-state index in [1.54, 1.807) is 13.8 Å². The number of carbonyl (C=O) groups excluding carboxylic acids is 1. The molecule has 0 spiro atoms. The first kappa shape index (κ1) is 14.0. The molecule has 0 unspecified atom stereocenters. The number of rotatable bonds is 2. The predicted molar refractivity (Wildman–Crippen MR) is 67.4 cm³/mol. The fourth-order valence-corrected chi connectivity index (χ4v) is 3.78. The Labute approximate surface area is 111 Å². The van der Waals surface area contributed by atoms with Crippen molar-refractivity contribution in [3.63, 3.8) is 0 Å². The van der Waals surface area contributed by atoms with E-state index in [-0.39, 0.29) is 23.9 Å². The molecule has 1 fully saturated rings. The molecule has 1 amide bonds. The van der Waals surface area contributed by atoms with Gasteiger partial charge in [-0.3, -0.25) is 4.79 Å². The molecule has 1 N–H and O–H groups in total. The van der Waals surface area contributed by atoms with Crippen molar-refractivity contribution in [2.75, 3.05) is 13.1 Å². The van der Waals surface area contributed by atoms with E-state index in [1.165, 1.54) is 12.1 Å². The van der Waals surface area contributed by atoms with Crippen LogP contribution in [-0.4, -0.2) is 37.3 Å². The lowest BCUT2D eigenvalue weighted by Crippen LogP contribution is -2.63. The molecule has 1 saturated heterocycles. The zero-order valence-corrected chi connectivity index (χ0v) is 11.5. The maximum Gasteiger partial charge on any atom is 0.244 e. The first-order valence-corrected chi connectivity index (χ1v) is 7.27. The van der Waals surface area contributed by atoms with Crippen molar-refractivity contribution in [3.8, 4) is 0 Å². The first-order valence-electron chi connectivity index (χ1n) is 5.83. The molecule has 0 aliphatic carbocycles. The molecular formula is C12H15FN2O3S. The Hall–Kier alpha value is -1.47. The summed E-state index contributed by atoms with van der Waals surface area (Å²) in [6, 6.07) is 4.58. The maximum atomic E-state index is 12.9. The lowest BCUT2D eigenvalue weighted by Gasteiger charge is -2.39. The normalized spacial score (nSPS) is 20.1. The van der Waals surface area contributed by atoms with E-state index in [9.17, 15) is 17.6 Å². The summed E-state index contributed by atoms with van der Waals surface area (Å²) in [5, 5.41) is 2.63. The second kappa shape index (κ2) is 4.57. The summed E-state index contributed by atoms with van der Waals surface area (Å²) in [6.07, 6.45) is 0. The molecule has 1 aliphatic heterocycles. The zero-order chi connectivity index (χ0) is 14.3. The number of hydrogen-bond donors (Lipinski definition) is 1. The molecule has 5 nitrogen and oxygen atoms in total. The number of hydrogen-bond acceptors (Lipinski definition) is 3. The van der Waals surface area contributed by atoms with Crippen LogP contribution in [0.1, 0.15) is 13.8 Å². The van der Waals surface area contributed by atoms with Gasteiger partial charge in [0.2, 0.25) is 15.9 Å². The third-order valence-corrected chi connectivity index (χ3v) is 5.27. The van der Waals surface area contributed by atoms with Crippen molar-refractivity contribution in [1.82, 2.24) is 9.62 Å². The number of sulfonamides is 1. The molecule has 0 aromatic heterocycles. The van der Waals surface area contributed by atoms with Crippen molar-refractivity contribution in [2.45, 2.75) is 24.3 Å². The number of carbonyl (C=O) groups is 1. The van der Waals surface area contributed by atoms with E-state index in [2.05, 4.69) is 5.32 Å². The first-order chi connectivity index (χ1) is 8.76. The topological polar surface area (TPSA) is 66.5 Å². The summed E-state index contributed by atoms with van der Waals surface area (Å²) < 4.78 is 39.0. The molecule has 2 rings (SSSR count). The van der Waals surface area contributed by atoms with E-state index in [0.717, 1.165) is 16.4 Å². The molecule has 0 atom stereocenters. The van der Waals surface area contributed by atoms with E-state index in [1.807, 2.05) is 0 Å². The van der Waals surface area contributed by atoms with Crippen LogP contribution in [0, 0.1) is 5.82 Å². The van der Waals surface area contributed by atoms with Gasteiger partial charge in [-0.25, -0.2) is 12.8 Å². The standard InChI is InChI=1S/C12H15FN2O3S/c1-12(2)11(16)14-7-8-15(12)19(17,18)10-5-3-9(13)4-6-10/h3-6H,7-8H2,1-2H3,(H,14,16). The second-order valence-electron chi connectivity index (χ2n) is 4.85. The minimum Gasteiger partial charge on any atom is -0.353 e. The smallest absolute Gasteiger partial charge is 0.244 e. The minimum atomic E-state index is -3.81. The summed E-state index contributed by atoms with van der Waals surface area (Å²) in [5.74, 6) is -0.848. The van der Waals surface area contributed by atoms with Gasteiger partial charge in [0.15, 0.2) is 0 Å². The average molecular weight is 286 g/mol. The van der Waals surface area contributed by atoms with Gasteiger partial charge in [0.05, 0.1) is 4.90 Å². The molecule has 104 valence electrons. The minimum absolute atomic E-state index is 0.0170. The number of piperazine rings is 1. The van der Waals surface area contributed by atoms with Crippen LogP contribution in [0.3, 0.4) is 0 Å². The zero-order valence-electron chi connectivity index (χ0n) is 10.7. The highest BCUT2D eigenvalue weighted by Gasteiger charge is 2.44. The van der Waals surface area contributed by atoms with Gasteiger partial charge in [0.1, 0.15) is 11.4 Å². The van der Waals surface area contributed by atoms with Crippen molar-refractivity contribution in [2.24, 2.45) is 0 Å². The molecule has 19 heavy (non-hydrogen) atoms. The van der Waals surface area contributed by atoms with Crippen LogP contribution in [-0.2, 0) is 14.8 Å². The van der Waals surface area contributed by atoms with Gasteiger partial charge in [-0.05, 0) is 38.1 Å². The van der Waals surface area contributed by atoms with Crippen LogP contribution in [0.15, 0.2) is 29.2 Å². The Kier molecular flexibility index (Phi) is 3.36. The Bertz CT molecular complexity index is 596. The Balaban J connectivity index is 2.44. The number of halogens is 1. The van der Waals surface area contributed by atoms with E-state index in [4.69, 9.17) is 0 Å². The molecule has 7 heteroatoms. The summed E-state index contributed by atoms with van der Waals surface area (Å²) in [5.41, 5.74) is -1.16. The number of amides is 1. The quantitative estimate of drug-likeness (QED) is 0.871. The highest BCUT2D eigenvalue weighted by atomic mass is 32.2. The molecule has 1 aromatic rings. The molecular weight excluding hydrogens is 271 g/mol. The van der Waals surface area contributed by atoms with Crippen molar-refractivity contribution >= 4 is 15.9 Å². The van der Waals surface area contributed by atoms with Crippen LogP contribution in [0.25, 0.3) is 0 Å². The van der Waals surface area contributed by atoms with Crippen LogP contribution < -0.4 is 5.32 Å². The lowest BCUT2D eigenvalue weighted by atomic mass is 10.0. The molecule has 1 aliphatic rings. The largest absolute Gasteiger partial charge is 0.353 e. The molecule has 0 radical (unpaired) electrons. The molecule has 0 saturated carbocycles. The molecule has 0 bridgehead atoms. The number of benzene rings is 1. The van der Waals surface area contributed by atoms with Crippen LogP contribution in [0.2, 0.25) is 0 Å². The SMILES string of the molecule is CC1(C)C(=O)NCCN1S(=O)(=O)c1ccc(F)cc1. The third-order valence-electron chi connectivity index (χ3n) is 3.18. The van der Waals surface area contributed by atoms with Crippen LogP contribution in [0.5, 0.6) is 0 Å². The van der Waals surface area contributed by atoms with E-state index < -0.39 is 21.4 Å². The van der Waals surface area contributed by atoms with Gasteiger partial charge in [0, 0.05) is 13.1 Å². The van der Waals surface area contributed by atoms with Gasteiger partial charge in [-0.1, -0.05) is 0 Å². The second-order valence-corrected chi connectivity index (χ2v) is 6.71. The van der Waals surface area contributed by atoms with Gasteiger partial charge in [-0.2, -0.15) is 4.31 Å². The molecule has 1 heterocycles. The predicted octanol–water partition coefficient (Wildman–Crippen LogP) is 0.725. The summed E-state index contributed by atoms with van der Waals surface area (Å²) >= 11 is 0. The van der Waals surface area contributed by atoms with Crippen molar-refractivity contribution < 1.29 is 17.6 Å². The average Bonchev–Trinajstić information content (AvgIpc) is 2.33. The Morgan fingerprint density at radius 3 is 2.42 bits per heavy atom. The van der Waals surface area contributed by atoms with Gasteiger partial charge >= 0.3 is 0 Å². The number of nitrogens with zero attached hydrogens (tertiary/aromatic N) is 1. The summed E-state index contributed by atoms with van der Waals surface area (Å²) in [7, 11) is -3.81. The van der Waals surface area contributed by atoms with Gasteiger partial charge in [-0.15, -0.1) is 0 Å². The van der Waals surface area contributed by atoms with Crippen LogP contribution >= 0.6 is 0 Å². The fraction of sp³-hybridized carbons (Fsp3) is 0.417. The van der Waals surface area contributed by atoms with Gasteiger partial charge in [0.25, 0.3) is 0 Å². The summed E-state index contributed by atoms with van der Waals surface area (Å²) in [6.45, 7) is 3.55. The maximum absolute atomic E-state index is 12.9. The number of nitrogens with one attached hydrogen (secondary N) is 1. The van der Waals surface area contributed by atoms with Gasteiger partial charge < -0.3 is 5.32 Å². The fourth-order valence-electron chi connectivity index (χ4n) is 2.03. The van der Waals surface area contributed by atoms with E-state index >= 15 is 0 Å². The van der Waals surface area contributed by atoms with Crippen LogP contribution in [0.4, 0.5) is 4.39 Å². The summed E-state index contributed by atoms with van der Waals surface area (Å²) in [4.78, 5) is 11.8. The van der Waals surface area contributed by atoms with E-state index in [0.29, 0.717) is 0 Å².